The molecule has 0 aliphatic carbocycles. The van der Waals surface area contributed by atoms with E-state index in [1.54, 1.807) is 7.11 Å². The number of halogens is 1. The van der Waals surface area contributed by atoms with E-state index in [9.17, 15) is 4.79 Å². The van der Waals surface area contributed by atoms with Gasteiger partial charge in [0.15, 0.2) is 0 Å². The van der Waals surface area contributed by atoms with Gasteiger partial charge in [-0.3, -0.25) is 4.79 Å². The van der Waals surface area contributed by atoms with Crippen molar-refractivity contribution in [2.75, 3.05) is 26.8 Å². The van der Waals surface area contributed by atoms with Crippen molar-refractivity contribution in [3.05, 3.63) is 33.8 Å². The number of nitrogens with one attached hydrogen (secondary N) is 2. The first kappa shape index (κ1) is 15.1. The van der Waals surface area contributed by atoms with E-state index in [1.807, 2.05) is 25.1 Å². The molecule has 0 spiro atoms. The van der Waals surface area contributed by atoms with Gasteiger partial charge in [-0.25, -0.2) is 0 Å². The normalized spacial score (nSPS) is 10.4. The number of aryl methyl sites for hydroxylation is 1. The van der Waals surface area contributed by atoms with Crippen LogP contribution in [0.5, 0.6) is 0 Å². The topological polar surface area (TPSA) is 50.4 Å². The number of ether oxygens (including phenoxy) is 1. The van der Waals surface area contributed by atoms with Crippen molar-refractivity contribution in [2.45, 2.75) is 13.5 Å². The molecule has 2 N–H and O–H groups in total. The lowest BCUT2D eigenvalue weighted by atomic mass is 10.1. The second kappa shape index (κ2) is 8.24. The molecule has 1 rings (SSSR count). The van der Waals surface area contributed by atoms with Crippen LogP contribution in [0.3, 0.4) is 0 Å². The summed E-state index contributed by atoms with van der Waals surface area (Å²) >= 11 is 3.42. The first-order valence-corrected chi connectivity index (χ1v) is 6.64. The third kappa shape index (κ3) is 5.62. The maximum Gasteiger partial charge on any atom is 0.234 e. The van der Waals surface area contributed by atoms with Crippen LogP contribution in [0.25, 0.3) is 0 Å². The first-order chi connectivity index (χ1) is 8.63. The summed E-state index contributed by atoms with van der Waals surface area (Å²) in [6, 6.07) is 6.03. The number of methoxy groups -OCH3 is 1. The van der Waals surface area contributed by atoms with Gasteiger partial charge in [-0.05, 0) is 30.2 Å². The van der Waals surface area contributed by atoms with E-state index < -0.39 is 0 Å². The minimum atomic E-state index is -0.00609. The molecule has 1 aromatic carbocycles. The SMILES string of the molecule is COCCNCC(=O)NCc1ccc(Br)cc1C. The minimum Gasteiger partial charge on any atom is -0.383 e. The zero-order valence-electron chi connectivity index (χ0n) is 10.8. The lowest BCUT2D eigenvalue weighted by Gasteiger charge is -2.09. The Morgan fingerprint density at radius 2 is 2.22 bits per heavy atom. The van der Waals surface area contributed by atoms with Gasteiger partial charge in [0, 0.05) is 24.7 Å². The molecule has 0 saturated heterocycles. The van der Waals surface area contributed by atoms with Gasteiger partial charge in [0.1, 0.15) is 0 Å². The summed E-state index contributed by atoms with van der Waals surface area (Å²) in [5.74, 6) is -0.00609. The maximum absolute atomic E-state index is 11.5. The summed E-state index contributed by atoms with van der Waals surface area (Å²) in [5, 5.41) is 5.88. The Hall–Kier alpha value is -0.910. The Balaban J connectivity index is 2.29. The van der Waals surface area contributed by atoms with Gasteiger partial charge in [0.25, 0.3) is 0 Å². The number of amides is 1. The Morgan fingerprint density at radius 3 is 2.89 bits per heavy atom. The van der Waals surface area contributed by atoms with Gasteiger partial charge >= 0.3 is 0 Å². The highest BCUT2D eigenvalue weighted by atomic mass is 79.9. The highest BCUT2D eigenvalue weighted by Crippen LogP contribution is 2.15. The molecule has 5 heteroatoms. The van der Waals surface area contributed by atoms with E-state index in [4.69, 9.17) is 4.74 Å². The highest BCUT2D eigenvalue weighted by Gasteiger charge is 2.03. The van der Waals surface area contributed by atoms with Crippen molar-refractivity contribution < 1.29 is 9.53 Å². The molecule has 0 aromatic heterocycles. The lowest BCUT2D eigenvalue weighted by molar-refractivity contribution is -0.120. The fraction of sp³-hybridized carbons (Fsp3) is 0.462. The van der Waals surface area contributed by atoms with Crippen LogP contribution in [0.1, 0.15) is 11.1 Å². The molecule has 4 nitrogen and oxygen atoms in total. The molecular weight excluding hydrogens is 296 g/mol. The molecule has 0 heterocycles. The molecule has 0 bridgehead atoms. The van der Waals surface area contributed by atoms with Gasteiger partial charge < -0.3 is 15.4 Å². The van der Waals surface area contributed by atoms with E-state index in [0.717, 1.165) is 15.6 Å². The van der Waals surface area contributed by atoms with Crippen LogP contribution in [0.2, 0.25) is 0 Å². The predicted molar refractivity (Wildman–Crippen MR) is 75.5 cm³/mol. The van der Waals surface area contributed by atoms with E-state index in [0.29, 0.717) is 26.2 Å². The molecule has 0 aliphatic heterocycles. The predicted octanol–water partition coefficient (Wildman–Crippen LogP) is 1.61. The summed E-state index contributed by atoms with van der Waals surface area (Å²) in [4.78, 5) is 11.5. The van der Waals surface area contributed by atoms with Crippen molar-refractivity contribution in [1.29, 1.82) is 0 Å². The van der Waals surface area contributed by atoms with Gasteiger partial charge in [-0.1, -0.05) is 22.0 Å². The average Bonchev–Trinajstić information content (AvgIpc) is 2.33. The van der Waals surface area contributed by atoms with Crippen molar-refractivity contribution >= 4 is 21.8 Å². The number of rotatable bonds is 7. The monoisotopic (exact) mass is 314 g/mol. The second-order valence-corrected chi connectivity index (χ2v) is 4.93. The van der Waals surface area contributed by atoms with Crippen LogP contribution in [-0.2, 0) is 16.1 Å². The van der Waals surface area contributed by atoms with E-state index in [1.165, 1.54) is 0 Å². The van der Waals surface area contributed by atoms with Crippen molar-refractivity contribution in [3.8, 4) is 0 Å². The number of carbonyl (C=O) groups is 1. The zero-order valence-corrected chi connectivity index (χ0v) is 12.3. The van der Waals surface area contributed by atoms with Crippen LogP contribution < -0.4 is 10.6 Å². The van der Waals surface area contributed by atoms with Crippen LogP contribution >= 0.6 is 15.9 Å². The van der Waals surface area contributed by atoms with E-state index in [-0.39, 0.29) is 5.91 Å². The molecule has 0 fully saturated rings. The van der Waals surface area contributed by atoms with Gasteiger partial charge in [0.05, 0.1) is 13.2 Å². The summed E-state index contributed by atoms with van der Waals surface area (Å²) in [6.07, 6.45) is 0. The average molecular weight is 315 g/mol. The third-order valence-electron chi connectivity index (χ3n) is 2.55. The quantitative estimate of drug-likeness (QED) is 0.752. The first-order valence-electron chi connectivity index (χ1n) is 5.85. The second-order valence-electron chi connectivity index (χ2n) is 4.02. The molecule has 0 saturated carbocycles. The number of benzene rings is 1. The van der Waals surface area contributed by atoms with Gasteiger partial charge in [0.2, 0.25) is 5.91 Å². The number of carbonyl (C=O) groups excluding carboxylic acids is 1. The summed E-state index contributed by atoms with van der Waals surface area (Å²) in [6.45, 7) is 4.20. The Bertz CT molecular complexity index is 397. The van der Waals surface area contributed by atoms with Gasteiger partial charge in [-0.2, -0.15) is 0 Å². The third-order valence-corrected chi connectivity index (χ3v) is 3.04. The fourth-order valence-corrected chi connectivity index (χ4v) is 1.97. The van der Waals surface area contributed by atoms with Crippen LogP contribution in [0, 0.1) is 6.92 Å². The van der Waals surface area contributed by atoms with Gasteiger partial charge in [-0.15, -0.1) is 0 Å². The molecular formula is C13H19BrN2O2. The van der Waals surface area contributed by atoms with Crippen molar-refractivity contribution in [2.24, 2.45) is 0 Å². The number of hydrogen-bond donors (Lipinski definition) is 2. The molecule has 0 radical (unpaired) electrons. The highest BCUT2D eigenvalue weighted by molar-refractivity contribution is 9.10. The summed E-state index contributed by atoms with van der Waals surface area (Å²) < 4.78 is 5.93. The Labute approximate surface area is 116 Å². The standard InChI is InChI=1S/C13H19BrN2O2/c1-10-7-12(14)4-3-11(10)8-16-13(17)9-15-5-6-18-2/h3-4,7,15H,5-6,8-9H2,1-2H3,(H,16,17). The smallest absolute Gasteiger partial charge is 0.234 e. The number of hydrogen-bond acceptors (Lipinski definition) is 3. The largest absolute Gasteiger partial charge is 0.383 e. The molecule has 0 atom stereocenters. The van der Waals surface area contributed by atoms with Crippen LogP contribution in [-0.4, -0.2) is 32.7 Å². The minimum absolute atomic E-state index is 0.00609. The van der Waals surface area contributed by atoms with Crippen molar-refractivity contribution in [3.63, 3.8) is 0 Å². The fourth-order valence-electron chi connectivity index (χ4n) is 1.49. The molecule has 1 amide bonds. The molecule has 1 aromatic rings. The summed E-state index contributed by atoms with van der Waals surface area (Å²) in [7, 11) is 1.64. The Morgan fingerprint density at radius 1 is 1.44 bits per heavy atom. The molecule has 0 unspecified atom stereocenters. The van der Waals surface area contributed by atoms with E-state index in [2.05, 4.69) is 26.6 Å². The lowest BCUT2D eigenvalue weighted by Crippen LogP contribution is -2.34. The van der Waals surface area contributed by atoms with E-state index >= 15 is 0 Å². The molecule has 0 aliphatic rings. The maximum atomic E-state index is 11.5. The van der Waals surface area contributed by atoms with Crippen LogP contribution in [0.15, 0.2) is 22.7 Å². The Kier molecular flexibility index (Phi) is 6.93. The van der Waals surface area contributed by atoms with Crippen LogP contribution in [0.4, 0.5) is 0 Å². The molecule has 100 valence electrons. The zero-order chi connectivity index (χ0) is 13.4. The van der Waals surface area contributed by atoms with Crippen molar-refractivity contribution in [1.82, 2.24) is 10.6 Å². The molecule has 18 heavy (non-hydrogen) atoms. The summed E-state index contributed by atoms with van der Waals surface area (Å²) in [5.41, 5.74) is 2.29.